The minimum absolute atomic E-state index is 0.141. The predicted molar refractivity (Wildman–Crippen MR) is 68.2 cm³/mol. The molecule has 0 fully saturated rings. The van der Waals surface area contributed by atoms with E-state index in [4.69, 9.17) is 5.73 Å². The number of nitrogens with two attached hydrogens (primary N) is 1. The normalized spacial score (nSPS) is 12.8. The molecule has 0 atom stereocenters. The molecule has 0 spiro atoms. The van der Waals surface area contributed by atoms with Crippen molar-refractivity contribution in [1.82, 2.24) is 9.80 Å². The second-order valence-electron chi connectivity index (χ2n) is 5.16. The van der Waals surface area contributed by atoms with E-state index in [1.165, 1.54) is 12.8 Å². The highest BCUT2D eigenvalue weighted by Crippen LogP contribution is 2.13. The van der Waals surface area contributed by atoms with Crippen LogP contribution < -0.4 is 5.73 Å². The van der Waals surface area contributed by atoms with Gasteiger partial charge in [-0.05, 0) is 60.4 Å². The van der Waals surface area contributed by atoms with E-state index in [0.717, 1.165) is 26.2 Å². The summed E-state index contributed by atoms with van der Waals surface area (Å²) in [5.74, 6) is 0. The van der Waals surface area contributed by atoms with Gasteiger partial charge in [0.2, 0.25) is 0 Å². The van der Waals surface area contributed by atoms with Crippen LogP contribution in [0.5, 0.6) is 0 Å². The summed E-state index contributed by atoms with van der Waals surface area (Å²) in [4.78, 5) is 4.75. The number of hydrogen-bond acceptors (Lipinski definition) is 3. The average Bonchev–Trinajstić information content (AvgIpc) is 2.16. The van der Waals surface area contributed by atoms with Crippen molar-refractivity contribution in [3.05, 3.63) is 0 Å². The van der Waals surface area contributed by atoms with Crippen LogP contribution in [-0.4, -0.2) is 55.6 Å². The molecule has 0 saturated carbocycles. The lowest BCUT2D eigenvalue weighted by molar-refractivity contribution is 0.121. The third-order valence-corrected chi connectivity index (χ3v) is 2.88. The molecule has 0 aliphatic carbocycles. The Morgan fingerprint density at radius 1 is 1.07 bits per heavy atom. The van der Waals surface area contributed by atoms with Gasteiger partial charge >= 0.3 is 0 Å². The summed E-state index contributed by atoms with van der Waals surface area (Å²) in [6, 6.07) is 0. The van der Waals surface area contributed by atoms with E-state index in [1.54, 1.807) is 0 Å². The third-order valence-electron chi connectivity index (χ3n) is 2.88. The molecule has 0 bridgehead atoms. The highest BCUT2D eigenvalue weighted by atomic mass is 15.2. The Bertz CT molecular complexity index is 155. The van der Waals surface area contributed by atoms with Gasteiger partial charge in [-0.25, -0.2) is 0 Å². The predicted octanol–water partition coefficient (Wildman–Crippen LogP) is 1.39. The molecule has 15 heavy (non-hydrogen) atoms. The SMILES string of the molecule is CCCN(CCCN(C)C)C(C)(C)CN. The van der Waals surface area contributed by atoms with Crippen LogP contribution in [-0.2, 0) is 0 Å². The van der Waals surface area contributed by atoms with E-state index < -0.39 is 0 Å². The van der Waals surface area contributed by atoms with E-state index in [0.29, 0.717) is 0 Å². The van der Waals surface area contributed by atoms with Gasteiger partial charge < -0.3 is 10.6 Å². The Labute approximate surface area is 95.6 Å². The van der Waals surface area contributed by atoms with Crippen LogP contribution in [0.3, 0.4) is 0 Å². The molecule has 0 amide bonds. The molecule has 0 heterocycles. The Balaban J connectivity index is 4.04. The molecule has 3 heteroatoms. The van der Waals surface area contributed by atoms with Gasteiger partial charge in [0.05, 0.1) is 0 Å². The van der Waals surface area contributed by atoms with E-state index in [-0.39, 0.29) is 5.54 Å². The summed E-state index contributed by atoms with van der Waals surface area (Å²) < 4.78 is 0. The van der Waals surface area contributed by atoms with Gasteiger partial charge in [-0.2, -0.15) is 0 Å². The molecular weight excluding hydrogens is 186 g/mol. The maximum absolute atomic E-state index is 5.82. The fourth-order valence-electron chi connectivity index (χ4n) is 1.69. The molecule has 0 aromatic carbocycles. The molecular formula is C12H29N3. The first-order chi connectivity index (χ1) is 6.94. The van der Waals surface area contributed by atoms with Crippen molar-refractivity contribution in [2.75, 3.05) is 40.3 Å². The second kappa shape index (κ2) is 7.20. The van der Waals surface area contributed by atoms with Gasteiger partial charge in [0.15, 0.2) is 0 Å². The minimum Gasteiger partial charge on any atom is -0.329 e. The van der Waals surface area contributed by atoms with Crippen LogP contribution in [0.2, 0.25) is 0 Å². The van der Waals surface area contributed by atoms with Crippen LogP contribution >= 0.6 is 0 Å². The van der Waals surface area contributed by atoms with Crippen molar-refractivity contribution in [3.63, 3.8) is 0 Å². The van der Waals surface area contributed by atoms with Crippen LogP contribution in [0.25, 0.3) is 0 Å². The topological polar surface area (TPSA) is 32.5 Å². The Morgan fingerprint density at radius 2 is 1.67 bits per heavy atom. The quantitative estimate of drug-likeness (QED) is 0.664. The average molecular weight is 215 g/mol. The molecule has 0 aromatic heterocycles. The fourth-order valence-corrected chi connectivity index (χ4v) is 1.69. The van der Waals surface area contributed by atoms with Crippen molar-refractivity contribution < 1.29 is 0 Å². The number of nitrogens with zero attached hydrogens (tertiary/aromatic N) is 2. The summed E-state index contributed by atoms with van der Waals surface area (Å²) >= 11 is 0. The smallest absolute Gasteiger partial charge is 0.0275 e. The molecule has 92 valence electrons. The van der Waals surface area contributed by atoms with Crippen molar-refractivity contribution in [2.24, 2.45) is 5.73 Å². The van der Waals surface area contributed by atoms with E-state index in [9.17, 15) is 0 Å². The molecule has 0 radical (unpaired) electrons. The van der Waals surface area contributed by atoms with Gasteiger partial charge in [-0.15, -0.1) is 0 Å². The van der Waals surface area contributed by atoms with Crippen LogP contribution in [0.1, 0.15) is 33.6 Å². The molecule has 0 unspecified atom stereocenters. The van der Waals surface area contributed by atoms with Crippen LogP contribution in [0.4, 0.5) is 0 Å². The van der Waals surface area contributed by atoms with Crippen molar-refractivity contribution in [3.8, 4) is 0 Å². The minimum atomic E-state index is 0.141. The lowest BCUT2D eigenvalue weighted by Gasteiger charge is -2.38. The maximum Gasteiger partial charge on any atom is 0.0275 e. The third kappa shape index (κ3) is 6.13. The van der Waals surface area contributed by atoms with Gasteiger partial charge in [-0.3, -0.25) is 4.90 Å². The zero-order chi connectivity index (χ0) is 11.9. The van der Waals surface area contributed by atoms with Gasteiger partial charge in [0.1, 0.15) is 0 Å². The summed E-state index contributed by atoms with van der Waals surface area (Å²) in [5, 5.41) is 0. The first kappa shape index (κ1) is 14.9. The lowest BCUT2D eigenvalue weighted by Crippen LogP contribution is -2.50. The highest BCUT2D eigenvalue weighted by Gasteiger charge is 2.23. The highest BCUT2D eigenvalue weighted by molar-refractivity contribution is 4.82. The van der Waals surface area contributed by atoms with E-state index in [1.807, 2.05) is 0 Å². The van der Waals surface area contributed by atoms with Crippen molar-refractivity contribution in [1.29, 1.82) is 0 Å². The first-order valence-corrected chi connectivity index (χ1v) is 6.04. The molecule has 0 aliphatic rings. The summed E-state index contributed by atoms with van der Waals surface area (Å²) in [6.07, 6.45) is 2.42. The standard InChI is InChI=1S/C12H29N3/c1-6-8-15(12(2,3)11-13)10-7-9-14(4)5/h6-11,13H2,1-5H3. The van der Waals surface area contributed by atoms with Crippen molar-refractivity contribution >= 4 is 0 Å². The van der Waals surface area contributed by atoms with Crippen molar-refractivity contribution in [2.45, 2.75) is 39.2 Å². The molecule has 2 N–H and O–H groups in total. The van der Waals surface area contributed by atoms with Gasteiger partial charge in [-0.1, -0.05) is 6.92 Å². The van der Waals surface area contributed by atoms with E-state index >= 15 is 0 Å². The molecule has 0 aromatic rings. The monoisotopic (exact) mass is 215 g/mol. The molecule has 0 rings (SSSR count). The Kier molecular flexibility index (Phi) is 7.14. The second-order valence-corrected chi connectivity index (χ2v) is 5.16. The van der Waals surface area contributed by atoms with Crippen LogP contribution in [0.15, 0.2) is 0 Å². The maximum atomic E-state index is 5.82. The zero-order valence-corrected chi connectivity index (χ0v) is 11.2. The zero-order valence-electron chi connectivity index (χ0n) is 11.2. The van der Waals surface area contributed by atoms with Gasteiger partial charge in [0, 0.05) is 12.1 Å². The first-order valence-electron chi connectivity index (χ1n) is 6.04. The largest absolute Gasteiger partial charge is 0.329 e. The number of rotatable bonds is 8. The van der Waals surface area contributed by atoms with E-state index in [2.05, 4.69) is 44.7 Å². The summed E-state index contributed by atoms with van der Waals surface area (Å²) in [5.41, 5.74) is 5.96. The number of hydrogen-bond donors (Lipinski definition) is 1. The summed E-state index contributed by atoms with van der Waals surface area (Å²) in [6.45, 7) is 10.9. The Morgan fingerprint density at radius 3 is 2.07 bits per heavy atom. The van der Waals surface area contributed by atoms with Gasteiger partial charge in [0.25, 0.3) is 0 Å². The molecule has 3 nitrogen and oxygen atoms in total. The Hall–Kier alpha value is -0.120. The molecule has 0 saturated heterocycles. The lowest BCUT2D eigenvalue weighted by atomic mass is 10.0. The summed E-state index contributed by atoms with van der Waals surface area (Å²) in [7, 11) is 4.25. The molecule has 0 aliphatic heterocycles. The van der Waals surface area contributed by atoms with Crippen LogP contribution in [0, 0.1) is 0 Å². The fraction of sp³-hybridized carbons (Fsp3) is 1.00.